The van der Waals surface area contributed by atoms with Gasteiger partial charge in [0.15, 0.2) is 4.96 Å². The molecule has 0 unspecified atom stereocenters. The Morgan fingerprint density at radius 2 is 2.12 bits per heavy atom. The van der Waals surface area contributed by atoms with Gasteiger partial charge in [-0.05, 0) is 31.5 Å². The van der Waals surface area contributed by atoms with E-state index in [1.165, 1.54) is 21.8 Å². The van der Waals surface area contributed by atoms with Crippen LogP contribution in [0.3, 0.4) is 0 Å². The number of hydrogen-bond donors (Lipinski definition) is 1. The SMILES string of the molecule is CCC(=O)Nc1cc(C)ccc1OCc1cc(=O)n2cc(C)sc2n1. The lowest BCUT2D eigenvalue weighted by Gasteiger charge is -2.13. The molecule has 3 aromatic rings. The summed E-state index contributed by atoms with van der Waals surface area (Å²) in [5, 5.41) is 2.83. The maximum atomic E-state index is 12.1. The highest BCUT2D eigenvalue weighted by Crippen LogP contribution is 2.26. The highest BCUT2D eigenvalue weighted by atomic mass is 32.1. The lowest BCUT2D eigenvalue weighted by Crippen LogP contribution is -2.15. The summed E-state index contributed by atoms with van der Waals surface area (Å²) < 4.78 is 7.34. The van der Waals surface area contributed by atoms with Crippen LogP contribution in [-0.2, 0) is 11.4 Å². The highest BCUT2D eigenvalue weighted by molar-refractivity contribution is 7.16. The average Bonchev–Trinajstić information content (AvgIpc) is 2.95. The molecule has 0 saturated heterocycles. The number of rotatable bonds is 5. The van der Waals surface area contributed by atoms with Crippen LogP contribution in [0.1, 0.15) is 29.5 Å². The molecule has 0 radical (unpaired) electrons. The van der Waals surface area contributed by atoms with Crippen molar-refractivity contribution in [3.63, 3.8) is 0 Å². The van der Waals surface area contributed by atoms with E-state index in [4.69, 9.17) is 4.74 Å². The summed E-state index contributed by atoms with van der Waals surface area (Å²) in [4.78, 5) is 30.0. The zero-order valence-corrected chi connectivity index (χ0v) is 15.1. The molecule has 0 aliphatic rings. The van der Waals surface area contributed by atoms with Gasteiger partial charge >= 0.3 is 0 Å². The second-order valence-electron chi connectivity index (χ2n) is 5.77. The Kier molecular flexibility index (Phi) is 4.85. The molecule has 25 heavy (non-hydrogen) atoms. The smallest absolute Gasteiger partial charge is 0.258 e. The second-order valence-corrected chi connectivity index (χ2v) is 6.98. The van der Waals surface area contributed by atoms with Crippen LogP contribution in [0.2, 0.25) is 0 Å². The highest BCUT2D eigenvalue weighted by Gasteiger charge is 2.10. The van der Waals surface area contributed by atoms with Gasteiger partial charge in [-0.2, -0.15) is 0 Å². The van der Waals surface area contributed by atoms with Crippen molar-refractivity contribution < 1.29 is 9.53 Å². The van der Waals surface area contributed by atoms with Crippen LogP contribution in [0.15, 0.2) is 35.3 Å². The number of fused-ring (bicyclic) bond motifs is 1. The Morgan fingerprint density at radius 1 is 1.32 bits per heavy atom. The number of carbonyl (C=O) groups excluding carboxylic acids is 1. The molecule has 0 spiro atoms. The van der Waals surface area contributed by atoms with E-state index in [9.17, 15) is 9.59 Å². The first-order valence-corrected chi connectivity index (χ1v) is 8.80. The van der Waals surface area contributed by atoms with Crippen LogP contribution in [0, 0.1) is 13.8 Å². The number of aromatic nitrogens is 2. The Labute approximate surface area is 149 Å². The molecule has 1 N–H and O–H groups in total. The summed E-state index contributed by atoms with van der Waals surface area (Å²) in [5.41, 5.74) is 2.07. The minimum atomic E-state index is -0.128. The number of benzene rings is 1. The van der Waals surface area contributed by atoms with Crippen molar-refractivity contribution in [2.75, 3.05) is 5.32 Å². The molecule has 2 aromatic heterocycles. The summed E-state index contributed by atoms with van der Waals surface area (Å²) in [6.45, 7) is 5.83. The van der Waals surface area contributed by atoms with Gasteiger partial charge in [0, 0.05) is 23.6 Å². The first-order valence-electron chi connectivity index (χ1n) is 7.98. The number of nitrogens with one attached hydrogen (secondary N) is 1. The first-order chi connectivity index (χ1) is 12.0. The quantitative estimate of drug-likeness (QED) is 0.760. The maximum Gasteiger partial charge on any atom is 0.258 e. The van der Waals surface area contributed by atoms with Gasteiger partial charge in [0.2, 0.25) is 5.91 Å². The first kappa shape index (κ1) is 17.2. The van der Waals surface area contributed by atoms with E-state index in [2.05, 4.69) is 10.3 Å². The normalized spacial score (nSPS) is 10.8. The Morgan fingerprint density at radius 3 is 2.88 bits per heavy atom. The van der Waals surface area contributed by atoms with Crippen molar-refractivity contribution in [2.45, 2.75) is 33.8 Å². The predicted octanol–water partition coefficient (Wildman–Crippen LogP) is 3.30. The van der Waals surface area contributed by atoms with E-state index >= 15 is 0 Å². The summed E-state index contributed by atoms with van der Waals surface area (Å²) in [7, 11) is 0. The van der Waals surface area contributed by atoms with Gasteiger partial charge in [0.05, 0.1) is 11.4 Å². The molecule has 0 aliphatic heterocycles. The molecule has 3 rings (SSSR count). The van der Waals surface area contributed by atoms with E-state index < -0.39 is 0 Å². The van der Waals surface area contributed by atoms with E-state index in [-0.39, 0.29) is 18.1 Å². The molecule has 1 amide bonds. The van der Waals surface area contributed by atoms with Crippen molar-refractivity contribution >= 4 is 27.9 Å². The van der Waals surface area contributed by atoms with Crippen molar-refractivity contribution in [3.05, 3.63) is 57.0 Å². The molecule has 0 saturated carbocycles. The van der Waals surface area contributed by atoms with Crippen molar-refractivity contribution in [2.24, 2.45) is 0 Å². The van der Waals surface area contributed by atoms with E-state index in [1.807, 2.05) is 26.0 Å². The van der Waals surface area contributed by atoms with Gasteiger partial charge < -0.3 is 10.1 Å². The number of amides is 1. The second kappa shape index (κ2) is 7.06. The molecule has 0 aliphatic carbocycles. The number of aryl methyl sites for hydroxylation is 2. The molecule has 0 atom stereocenters. The summed E-state index contributed by atoms with van der Waals surface area (Å²) >= 11 is 1.46. The molecule has 0 fully saturated rings. The van der Waals surface area contributed by atoms with E-state index in [0.717, 1.165) is 10.4 Å². The van der Waals surface area contributed by atoms with Gasteiger partial charge in [0.1, 0.15) is 12.4 Å². The van der Waals surface area contributed by atoms with Crippen LogP contribution >= 0.6 is 11.3 Å². The summed E-state index contributed by atoms with van der Waals surface area (Å²) in [5.74, 6) is 0.471. The van der Waals surface area contributed by atoms with Crippen LogP contribution in [0.5, 0.6) is 5.75 Å². The summed E-state index contributed by atoms with van der Waals surface area (Å²) in [6.07, 6.45) is 2.17. The average molecular weight is 357 g/mol. The maximum absolute atomic E-state index is 12.1. The van der Waals surface area contributed by atoms with Crippen LogP contribution in [0.4, 0.5) is 5.69 Å². The lowest BCUT2D eigenvalue weighted by molar-refractivity contribution is -0.115. The minimum absolute atomic E-state index is 0.0812. The number of anilines is 1. The lowest BCUT2D eigenvalue weighted by atomic mass is 10.2. The third-order valence-corrected chi connectivity index (χ3v) is 4.54. The van der Waals surface area contributed by atoms with Gasteiger partial charge in [-0.3, -0.25) is 14.0 Å². The molecule has 7 heteroatoms. The number of thiazole rings is 1. The number of hydrogen-bond acceptors (Lipinski definition) is 5. The third-order valence-electron chi connectivity index (χ3n) is 3.64. The summed E-state index contributed by atoms with van der Waals surface area (Å²) in [6, 6.07) is 7.04. The number of carbonyl (C=O) groups is 1. The third kappa shape index (κ3) is 3.88. The molecule has 2 heterocycles. The Balaban J connectivity index is 1.84. The fourth-order valence-electron chi connectivity index (χ4n) is 2.39. The van der Waals surface area contributed by atoms with E-state index in [0.29, 0.717) is 28.5 Å². The number of ether oxygens (including phenoxy) is 1. The van der Waals surface area contributed by atoms with Crippen molar-refractivity contribution in [3.8, 4) is 5.75 Å². The number of nitrogens with zero attached hydrogens (tertiary/aromatic N) is 2. The fourth-order valence-corrected chi connectivity index (χ4v) is 3.24. The zero-order valence-electron chi connectivity index (χ0n) is 14.3. The molecular formula is C18H19N3O3S. The molecule has 6 nitrogen and oxygen atoms in total. The van der Waals surface area contributed by atoms with Crippen LogP contribution in [-0.4, -0.2) is 15.3 Å². The molecular weight excluding hydrogens is 338 g/mol. The monoisotopic (exact) mass is 357 g/mol. The van der Waals surface area contributed by atoms with Gasteiger partial charge in [-0.1, -0.05) is 13.0 Å². The fraction of sp³-hybridized carbons (Fsp3) is 0.278. The van der Waals surface area contributed by atoms with Gasteiger partial charge in [-0.25, -0.2) is 4.98 Å². The Hall–Kier alpha value is -2.67. The predicted molar refractivity (Wildman–Crippen MR) is 98.5 cm³/mol. The van der Waals surface area contributed by atoms with Crippen molar-refractivity contribution in [1.29, 1.82) is 0 Å². The minimum Gasteiger partial charge on any atom is -0.485 e. The van der Waals surface area contributed by atoms with Gasteiger partial charge in [0.25, 0.3) is 5.56 Å². The largest absolute Gasteiger partial charge is 0.485 e. The molecule has 0 bridgehead atoms. The topological polar surface area (TPSA) is 72.7 Å². The zero-order chi connectivity index (χ0) is 18.0. The molecule has 1 aromatic carbocycles. The van der Waals surface area contributed by atoms with Crippen LogP contribution in [0.25, 0.3) is 4.96 Å². The molecule has 130 valence electrons. The van der Waals surface area contributed by atoms with Gasteiger partial charge in [-0.15, -0.1) is 11.3 Å². The Bertz CT molecular complexity index is 991. The standard InChI is InChI=1S/C18H19N3O3S/c1-4-16(22)20-14-7-11(2)5-6-15(14)24-10-13-8-17(23)21-9-12(3)25-18(21)19-13/h5-9H,4,10H2,1-3H3,(H,20,22). The van der Waals surface area contributed by atoms with Crippen molar-refractivity contribution in [1.82, 2.24) is 9.38 Å². The van der Waals surface area contributed by atoms with E-state index in [1.54, 1.807) is 19.2 Å². The van der Waals surface area contributed by atoms with Crippen LogP contribution < -0.4 is 15.6 Å².